The van der Waals surface area contributed by atoms with Gasteiger partial charge in [-0.3, -0.25) is 9.59 Å². The number of halogens is 1. The Hall–Kier alpha value is -4.83. The number of nitrogens with one attached hydrogen (secondary N) is 3. The van der Waals surface area contributed by atoms with Gasteiger partial charge in [0.25, 0.3) is 11.8 Å². The molecule has 4 saturated heterocycles. The fourth-order valence-corrected chi connectivity index (χ4v) is 7.58. The fourth-order valence-electron chi connectivity index (χ4n) is 7.33. The highest BCUT2D eigenvalue weighted by atomic mass is 35.5. The average molecular weight is 829 g/mol. The van der Waals surface area contributed by atoms with E-state index in [1.165, 1.54) is 23.5 Å². The summed E-state index contributed by atoms with van der Waals surface area (Å²) < 4.78 is 21.3. The molecule has 4 aliphatic rings. The van der Waals surface area contributed by atoms with Crippen LogP contribution in [0.3, 0.4) is 0 Å². The molecule has 0 aliphatic carbocycles. The number of hydrogen-bond acceptors (Lipinski definition) is 12. The Balaban J connectivity index is 0.000000173. The molecule has 59 heavy (non-hydrogen) atoms. The first-order valence-electron chi connectivity index (χ1n) is 20.5. The molecular formula is C44H57ClN8O6. The number of pyridine rings is 2. The number of primary amides is 2. The molecule has 0 saturated carbocycles. The van der Waals surface area contributed by atoms with E-state index in [2.05, 4.69) is 62.3 Å². The number of anilines is 5. The first-order valence-corrected chi connectivity index (χ1v) is 20.9. The van der Waals surface area contributed by atoms with Gasteiger partial charge in [0.05, 0.1) is 21.8 Å². The molecule has 14 nitrogen and oxygen atoms in total. The van der Waals surface area contributed by atoms with E-state index in [1.54, 1.807) is 6.07 Å². The van der Waals surface area contributed by atoms with Crippen LogP contribution in [0.2, 0.25) is 5.02 Å². The zero-order valence-electron chi connectivity index (χ0n) is 33.5. The summed E-state index contributed by atoms with van der Waals surface area (Å²) in [6.45, 7) is 6.51. The molecule has 2 amide bonds. The zero-order chi connectivity index (χ0) is 41.4. The molecule has 0 atom stereocenters. The molecule has 4 aromatic rings. The molecule has 4 aliphatic heterocycles. The minimum absolute atomic E-state index is 0.215. The molecule has 2 aromatic carbocycles. The molecule has 0 unspecified atom stereocenters. The lowest BCUT2D eigenvalue weighted by Crippen LogP contribution is -2.29. The lowest BCUT2D eigenvalue weighted by atomic mass is 9.92. The van der Waals surface area contributed by atoms with Crippen LogP contribution < -0.4 is 33.2 Å². The highest BCUT2D eigenvalue weighted by Gasteiger charge is 2.19. The third-order valence-corrected chi connectivity index (χ3v) is 11.2. The molecule has 316 valence electrons. The predicted molar refractivity (Wildman–Crippen MR) is 231 cm³/mol. The number of nitrogens with two attached hydrogens (primary N) is 3. The number of hydrogen-bond donors (Lipinski definition) is 6. The average Bonchev–Trinajstić information content (AvgIpc) is 3.26. The smallest absolute Gasteiger partial charge is 0.252 e. The van der Waals surface area contributed by atoms with Gasteiger partial charge in [-0.05, 0) is 98.6 Å². The van der Waals surface area contributed by atoms with Gasteiger partial charge in [-0.15, -0.1) is 0 Å². The summed E-state index contributed by atoms with van der Waals surface area (Å²) >= 11 is 6.02. The Kier molecular flexibility index (Phi) is 16.7. The number of ether oxygens (including phenoxy) is 4. The predicted octanol–water partition coefficient (Wildman–Crippen LogP) is 7.00. The van der Waals surface area contributed by atoms with Crippen LogP contribution >= 0.6 is 11.6 Å². The molecule has 8 rings (SSSR count). The highest BCUT2D eigenvalue weighted by Crippen LogP contribution is 2.31. The third kappa shape index (κ3) is 13.6. The van der Waals surface area contributed by atoms with Crippen molar-refractivity contribution in [1.82, 2.24) is 9.97 Å². The molecule has 2 aromatic heterocycles. The Labute approximate surface area is 351 Å². The lowest BCUT2D eigenvalue weighted by Gasteiger charge is -2.25. The Morgan fingerprint density at radius 3 is 1.39 bits per heavy atom. The van der Waals surface area contributed by atoms with Crippen molar-refractivity contribution in [1.29, 1.82) is 0 Å². The zero-order valence-corrected chi connectivity index (χ0v) is 34.3. The molecule has 4 fully saturated rings. The molecule has 15 heteroatoms. The number of amides is 2. The normalized spacial score (nSPS) is 18.0. The fraction of sp³-hybridized carbons (Fsp3) is 0.455. The molecule has 0 spiro atoms. The maximum atomic E-state index is 11.8. The van der Waals surface area contributed by atoms with Crippen molar-refractivity contribution in [2.24, 2.45) is 17.2 Å². The summed E-state index contributed by atoms with van der Waals surface area (Å²) in [5.41, 5.74) is 22.2. The number of rotatable bonds is 10. The summed E-state index contributed by atoms with van der Waals surface area (Å²) in [6, 6.07) is 20.9. The minimum Gasteiger partial charge on any atom is -0.381 e. The van der Waals surface area contributed by atoms with Gasteiger partial charge in [-0.25, -0.2) is 9.97 Å². The van der Waals surface area contributed by atoms with E-state index in [1.807, 2.05) is 18.2 Å². The van der Waals surface area contributed by atoms with Crippen LogP contribution in [0, 0.1) is 0 Å². The maximum absolute atomic E-state index is 11.8. The van der Waals surface area contributed by atoms with E-state index in [0.29, 0.717) is 40.8 Å². The number of nitrogens with zero attached hydrogens (tertiary/aromatic N) is 2. The first kappa shape index (κ1) is 43.7. The molecule has 0 radical (unpaired) electrons. The van der Waals surface area contributed by atoms with E-state index >= 15 is 0 Å². The quantitative estimate of drug-likeness (QED) is 0.0954. The Bertz CT molecular complexity index is 1930. The van der Waals surface area contributed by atoms with Gasteiger partial charge in [0.15, 0.2) is 0 Å². The van der Waals surface area contributed by atoms with E-state index < -0.39 is 11.8 Å². The van der Waals surface area contributed by atoms with Crippen LogP contribution in [0.1, 0.15) is 95.0 Å². The Morgan fingerprint density at radius 1 is 0.576 bits per heavy atom. The molecule has 0 bridgehead atoms. The SMILES string of the molecule is NC(=O)c1cnc(Nc2ccc(C3CCOCC3)cc2)cc1Cl.NC(=O)c1cnc(Nc2ccc(C3CCOCC3)cc2)cc1NC1CCOCC1.NC1CCOCC1. The van der Waals surface area contributed by atoms with E-state index in [4.69, 9.17) is 47.7 Å². The number of carbonyl (C=O) groups excluding carboxylic acids is 2. The van der Waals surface area contributed by atoms with Gasteiger partial charge in [0.2, 0.25) is 0 Å². The van der Waals surface area contributed by atoms with Crippen LogP contribution in [-0.4, -0.2) is 86.7 Å². The summed E-state index contributed by atoms with van der Waals surface area (Å²) in [7, 11) is 0. The first-order chi connectivity index (χ1) is 28.7. The summed E-state index contributed by atoms with van der Waals surface area (Å²) in [5, 5.41) is 10.2. The summed E-state index contributed by atoms with van der Waals surface area (Å²) in [6.07, 6.45) is 11.1. The van der Waals surface area contributed by atoms with Crippen LogP contribution in [-0.2, 0) is 18.9 Å². The number of carbonyl (C=O) groups is 2. The summed E-state index contributed by atoms with van der Waals surface area (Å²) in [5.74, 6) is 1.30. The number of benzene rings is 2. The maximum Gasteiger partial charge on any atom is 0.252 e. The van der Waals surface area contributed by atoms with Crippen molar-refractivity contribution in [2.45, 2.75) is 75.3 Å². The topological polar surface area (TPSA) is 211 Å². The van der Waals surface area contributed by atoms with Gasteiger partial charge in [0, 0.05) is 101 Å². The lowest BCUT2D eigenvalue weighted by molar-refractivity contribution is 0.0852. The second-order valence-corrected chi connectivity index (χ2v) is 15.5. The van der Waals surface area contributed by atoms with E-state index in [0.717, 1.165) is 116 Å². The van der Waals surface area contributed by atoms with E-state index in [9.17, 15) is 9.59 Å². The van der Waals surface area contributed by atoms with Crippen molar-refractivity contribution >= 4 is 52.1 Å². The van der Waals surface area contributed by atoms with Gasteiger partial charge in [-0.2, -0.15) is 0 Å². The monoisotopic (exact) mass is 828 g/mol. The number of aromatic nitrogens is 2. The van der Waals surface area contributed by atoms with Crippen LogP contribution in [0.15, 0.2) is 73.1 Å². The highest BCUT2D eigenvalue weighted by molar-refractivity contribution is 6.34. The standard InChI is InChI=1S/C22H28N4O3.C17H18ClN3O2.C5H11NO/c23-22(27)19-14-24-21(13-20(19)25-18-7-11-29-12-8-18)26-17-3-1-15(2-4-17)16-5-9-28-10-6-16;18-15-9-16(20-10-14(15)17(19)22)21-13-3-1-11(2-4-13)12-5-7-23-8-6-12;6-5-1-3-7-4-2-5/h1-4,13-14,16,18H,5-12H2,(H2,23,27)(H2,24,25,26);1-4,9-10,12H,5-8H2,(H2,19,22)(H,20,21);5H,1-4,6H2. The van der Waals surface area contributed by atoms with Crippen molar-refractivity contribution in [3.63, 3.8) is 0 Å². The van der Waals surface area contributed by atoms with Crippen LogP contribution in [0.5, 0.6) is 0 Å². The van der Waals surface area contributed by atoms with Gasteiger partial charge < -0.3 is 52.1 Å². The largest absolute Gasteiger partial charge is 0.381 e. The van der Waals surface area contributed by atoms with Crippen molar-refractivity contribution in [3.8, 4) is 0 Å². The van der Waals surface area contributed by atoms with Crippen molar-refractivity contribution in [3.05, 3.63) is 100 Å². The minimum atomic E-state index is -0.588. The second kappa shape index (κ2) is 22.5. The molecular weight excluding hydrogens is 772 g/mol. The summed E-state index contributed by atoms with van der Waals surface area (Å²) in [4.78, 5) is 31.5. The van der Waals surface area contributed by atoms with Crippen molar-refractivity contribution in [2.75, 3.05) is 68.8 Å². The third-order valence-electron chi connectivity index (χ3n) is 10.9. The van der Waals surface area contributed by atoms with Gasteiger partial charge >= 0.3 is 0 Å². The van der Waals surface area contributed by atoms with Gasteiger partial charge in [0.1, 0.15) is 11.6 Å². The second-order valence-electron chi connectivity index (χ2n) is 15.1. The molecule has 9 N–H and O–H groups in total. The Morgan fingerprint density at radius 2 is 0.983 bits per heavy atom. The van der Waals surface area contributed by atoms with Crippen LogP contribution in [0.4, 0.5) is 28.7 Å². The van der Waals surface area contributed by atoms with Gasteiger partial charge in [-0.1, -0.05) is 35.9 Å². The van der Waals surface area contributed by atoms with Crippen molar-refractivity contribution < 1.29 is 28.5 Å². The van der Waals surface area contributed by atoms with Crippen LogP contribution in [0.25, 0.3) is 0 Å². The molecule has 6 heterocycles. The van der Waals surface area contributed by atoms with E-state index in [-0.39, 0.29) is 16.6 Å².